The molecule has 0 aromatic heterocycles. The van der Waals surface area contributed by atoms with Gasteiger partial charge in [-0.05, 0) is 27.1 Å². The molecule has 0 radical (unpaired) electrons. The van der Waals surface area contributed by atoms with Crippen molar-refractivity contribution >= 4 is 5.91 Å². The second kappa shape index (κ2) is 5.35. The van der Waals surface area contributed by atoms with Crippen molar-refractivity contribution in [3.63, 3.8) is 0 Å². The zero-order valence-corrected chi connectivity index (χ0v) is 10.4. The van der Waals surface area contributed by atoms with E-state index in [1.807, 2.05) is 46.8 Å². The standard InChI is InChI=1S/C11H24N2O/c1-11(2,3)10(14)13(6)9-7-8-12(4)5/h7-9H2,1-6H3. The Bertz CT molecular complexity index is 182. The van der Waals surface area contributed by atoms with Crippen LogP contribution in [0, 0.1) is 5.41 Å². The van der Waals surface area contributed by atoms with Gasteiger partial charge in [-0.25, -0.2) is 0 Å². The van der Waals surface area contributed by atoms with Crippen LogP contribution in [0.15, 0.2) is 0 Å². The molecule has 0 aliphatic heterocycles. The van der Waals surface area contributed by atoms with E-state index in [0.717, 1.165) is 19.5 Å². The van der Waals surface area contributed by atoms with E-state index < -0.39 is 0 Å². The Hall–Kier alpha value is -0.570. The first-order chi connectivity index (χ1) is 6.25. The average Bonchev–Trinajstić information content (AvgIpc) is 2.00. The first-order valence-electron chi connectivity index (χ1n) is 5.15. The molecule has 0 unspecified atom stereocenters. The van der Waals surface area contributed by atoms with Crippen LogP contribution in [0.5, 0.6) is 0 Å². The molecule has 1 amide bonds. The summed E-state index contributed by atoms with van der Waals surface area (Å²) in [6, 6.07) is 0. The fourth-order valence-electron chi connectivity index (χ4n) is 1.30. The second-order valence-electron chi connectivity index (χ2n) is 5.13. The van der Waals surface area contributed by atoms with Gasteiger partial charge in [-0.1, -0.05) is 20.8 Å². The summed E-state index contributed by atoms with van der Waals surface area (Å²) in [6.45, 7) is 7.74. The van der Waals surface area contributed by atoms with E-state index in [9.17, 15) is 4.79 Å². The van der Waals surface area contributed by atoms with Crippen molar-refractivity contribution in [1.82, 2.24) is 9.80 Å². The van der Waals surface area contributed by atoms with Gasteiger partial charge >= 0.3 is 0 Å². The lowest BCUT2D eigenvalue weighted by Gasteiger charge is -2.26. The van der Waals surface area contributed by atoms with Crippen LogP contribution in [0.4, 0.5) is 0 Å². The van der Waals surface area contributed by atoms with Crippen LogP contribution < -0.4 is 0 Å². The molecule has 0 fully saturated rings. The van der Waals surface area contributed by atoms with Gasteiger partial charge in [-0.2, -0.15) is 0 Å². The van der Waals surface area contributed by atoms with E-state index in [2.05, 4.69) is 4.90 Å². The predicted molar refractivity (Wildman–Crippen MR) is 60.3 cm³/mol. The smallest absolute Gasteiger partial charge is 0.227 e. The third-order valence-corrected chi connectivity index (χ3v) is 2.09. The molecule has 0 aliphatic rings. The third kappa shape index (κ3) is 5.22. The van der Waals surface area contributed by atoms with Crippen LogP contribution >= 0.6 is 0 Å². The SMILES string of the molecule is CN(C)CCCN(C)C(=O)C(C)(C)C. The Morgan fingerprint density at radius 3 is 1.93 bits per heavy atom. The molecule has 0 saturated heterocycles. The highest BCUT2D eigenvalue weighted by Gasteiger charge is 2.24. The molecular formula is C11H24N2O. The van der Waals surface area contributed by atoms with Crippen molar-refractivity contribution in [2.24, 2.45) is 5.41 Å². The first kappa shape index (κ1) is 13.4. The highest BCUT2D eigenvalue weighted by Crippen LogP contribution is 2.16. The van der Waals surface area contributed by atoms with Gasteiger partial charge in [0.1, 0.15) is 0 Å². The van der Waals surface area contributed by atoms with Crippen molar-refractivity contribution in [1.29, 1.82) is 0 Å². The number of nitrogens with zero attached hydrogens (tertiary/aromatic N) is 2. The van der Waals surface area contributed by atoms with Crippen molar-refractivity contribution in [3.05, 3.63) is 0 Å². The minimum absolute atomic E-state index is 0.219. The Balaban J connectivity index is 3.86. The lowest BCUT2D eigenvalue weighted by Crippen LogP contribution is -2.37. The molecule has 0 spiro atoms. The molecule has 0 aromatic rings. The van der Waals surface area contributed by atoms with Gasteiger partial charge < -0.3 is 9.80 Å². The van der Waals surface area contributed by atoms with Gasteiger partial charge in [0.25, 0.3) is 0 Å². The minimum atomic E-state index is -0.257. The summed E-state index contributed by atoms with van der Waals surface area (Å²) in [5, 5.41) is 0. The fraction of sp³-hybridized carbons (Fsp3) is 0.909. The summed E-state index contributed by atoms with van der Waals surface area (Å²) in [6.07, 6.45) is 1.03. The van der Waals surface area contributed by atoms with Crippen molar-refractivity contribution in [2.75, 3.05) is 34.2 Å². The molecule has 14 heavy (non-hydrogen) atoms. The molecule has 0 heterocycles. The zero-order valence-electron chi connectivity index (χ0n) is 10.4. The van der Waals surface area contributed by atoms with E-state index in [-0.39, 0.29) is 11.3 Å². The average molecular weight is 200 g/mol. The molecule has 0 N–H and O–H groups in total. The quantitative estimate of drug-likeness (QED) is 0.685. The topological polar surface area (TPSA) is 23.6 Å². The van der Waals surface area contributed by atoms with Crippen LogP contribution in [-0.4, -0.2) is 49.9 Å². The summed E-state index contributed by atoms with van der Waals surface area (Å²) in [5.41, 5.74) is -0.257. The Labute approximate surface area is 88.1 Å². The van der Waals surface area contributed by atoms with E-state index in [0.29, 0.717) is 0 Å². The van der Waals surface area contributed by atoms with Crippen molar-refractivity contribution in [2.45, 2.75) is 27.2 Å². The molecular weight excluding hydrogens is 176 g/mol. The highest BCUT2D eigenvalue weighted by atomic mass is 16.2. The zero-order chi connectivity index (χ0) is 11.4. The molecule has 3 nitrogen and oxygen atoms in total. The van der Waals surface area contributed by atoms with Gasteiger partial charge in [-0.3, -0.25) is 4.79 Å². The lowest BCUT2D eigenvalue weighted by molar-refractivity contribution is -0.138. The summed E-state index contributed by atoms with van der Waals surface area (Å²) < 4.78 is 0. The van der Waals surface area contributed by atoms with Gasteiger partial charge in [0.2, 0.25) is 5.91 Å². The number of amides is 1. The monoisotopic (exact) mass is 200 g/mol. The number of hydrogen-bond acceptors (Lipinski definition) is 2. The number of carbonyl (C=O) groups excluding carboxylic acids is 1. The maximum Gasteiger partial charge on any atom is 0.227 e. The molecule has 3 heteroatoms. The Kier molecular flexibility index (Phi) is 5.13. The molecule has 0 bridgehead atoms. The van der Waals surface area contributed by atoms with Gasteiger partial charge in [0.05, 0.1) is 0 Å². The van der Waals surface area contributed by atoms with E-state index >= 15 is 0 Å². The number of carbonyl (C=O) groups is 1. The minimum Gasteiger partial charge on any atom is -0.345 e. The summed E-state index contributed by atoms with van der Waals surface area (Å²) >= 11 is 0. The van der Waals surface area contributed by atoms with Crippen LogP contribution in [0.3, 0.4) is 0 Å². The lowest BCUT2D eigenvalue weighted by atomic mass is 9.95. The summed E-state index contributed by atoms with van der Waals surface area (Å²) in [5.74, 6) is 0.219. The molecule has 0 atom stereocenters. The third-order valence-electron chi connectivity index (χ3n) is 2.09. The molecule has 0 rings (SSSR count). The van der Waals surface area contributed by atoms with Crippen LogP contribution in [0.2, 0.25) is 0 Å². The number of hydrogen-bond donors (Lipinski definition) is 0. The van der Waals surface area contributed by atoms with E-state index in [1.54, 1.807) is 0 Å². The molecule has 0 aliphatic carbocycles. The van der Waals surface area contributed by atoms with E-state index in [1.165, 1.54) is 0 Å². The fourth-order valence-corrected chi connectivity index (χ4v) is 1.30. The maximum absolute atomic E-state index is 11.8. The van der Waals surface area contributed by atoms with Gasteiger partial charge in [0.15, 0.2) is 0 Å². The second-order valence-corrected chi connectivity index (χ2v) is 5.13. The largest absolute Gasteiger partial charge is 0.345 e. The van der Waals surface area contributed by atoms with Crippen LogP contribution in [0.1, 0.15) is 27.2 Å². The number of rotatable bonds is 4. The molecule has 0 saturated carbocycles. The van der Waals surface area contributed by atoms with E-state index in [4.69, 9.17) is 0 Å². The van der Waals surface area contributed by atoms with Gasteiger partial charge in [0, 0.05) is 19.0 Å². The first-order valence-corrected chi connectivity index (χ1v) is 5.15. The Morgan fingerprint density at radius 2 is 1.57 bits per heavy atom. The van der Waals surface area contributed by atoms with Gasteiger partial charge in [-0.15, -0.1) is 0 Å². The normalized spacial score (nSPS) is 11.9. The van der Waals surface area contributed by atoms with Crippen LogP contribution in [-0.2, 0) is 4.79 Å². The summed E-state index contributed by atoms with van der Waals surface area (Å²) in [7, 11) is 5.97. The molecule has 84 valence electrons. The van der Waals surface area contributed by atoms with Crippen molar-refractivity contribution < 1.29 is 4.79 Å². The predicted octanol–water partition coefficient (Wildman–Crippen LogP) is 1.44. The summed E-state index contributed by atoms with van der Waals surface area (Å²) in [4.78, 5) is 15.7. The molecule has 0 aromatic carbocycles. The maximum atomic E-state index is 11.8. The van der Waals surface area contributed by atoms with Crippen molar-refractivity contribution in [3.8, 4) is 0 Å². The highest BCUT2D eigenvalue weighted by molar-refractivity contribution is 5.81. The van der Waals surface area contributed by atoms with Crippen LogP contribution in [0.25, 0.3) is 0 Å². The Morgan fingerprint density at radius 1 is 1.07 bits per heavy atom.